The van der Waals surface area contributed by atoms with Crippen LogP contribution in [0.15, 0.2) is 35.3 Å². The van der Waals surface area contributed by atoms with Crippen molar-refractivity contribution in [2.45, 2.75) is 31.8 Å². The number of nitrogens with one attached hydrogen (secondary N) is 1. The van der Waals surface area contributed by atoms with Crippen molar-refractivity contribution < 1.29 is 0 Å². The first-order valence-electron chi connectivity index (χ1n) is 9.05. The van der Waals surface area contributed by atoms with Gasteiger partial charge in [-0.15, -0.1) is 0 Å². The Hall–Kier alpha value is -3.18. The van der Waals surface area contributed by atoms with Crippen LogP contribution in [-0.2, 0) is 0 Å². The third-order valence-electron chi connectivity index (χ3n) is 5.16. The maximum atomic E-state index is 13.3. The van der Waals surface area contributed by atoms with E-state index in [-0.39, 0.29) is 17.6 Å². The summed E-state index contributed by atoms with van der Waals surface area (Å²) in [6.45, 7) is 3.34. The number of aromatic amines is 1. The zero-order chi connectivity index (χ0) is 19.0. The zero-order valence-electron chi connectivity index (χ0n) is 15.1. The molecule has 0 amide bonds. The normalized spacial score (nSPS) is 18.4. The number of hydrogen-bond acceptors (Lipinski definition) is 6. The molecular weight excluding hydrogens is 342 g/mol. The number of piperidine rings is 1. The predicted molar refractivity (Wildman–Crippen MR) is 103 cm³/mol. The molecule has 1 aliphatic heterocycles. The van der Waals surface area contributed by atoms with Crippen LogP contribution in [0.2, 0.25) is 0 Å². The molecule has 0 spiro atoms. The summed E-state index contributed by atoms with van der Waals surface area (Å²) >= 11 is 0. The molecule has 1 saturated heterocycles. The van der Waals surface area contributed by atoms with Crippen LogP contribution in [0.4, 0.5) is 5.95 Å². The van der Waals surface area contributed by atoms with E-state index in [9.17, 15) is 10.1 Å². The number of rotatable bonds is 3. The molecule has 2 atom stereocenters. The fourth-order valence-corrected chi connectivity index (χ4v) is 3.76. The van der Waals surface area contributed by atoms with Gasteiger partial charge in [0.1, 0.15) is 5.39 Å². The molecule has 8 heteroatoms. The summed E-state index contributed by atoms with van der Waals surface area (Å²) in [7, 11) is 0. The minimum atomic E-state index is -0.353. The molecule has 0 bridgehead atoms. The lowest BCUT2D eigenvalue weighted by molar-refractivity contribution is 0.483. The quantitative estimate of drug-likeness (QED) is 0.729. The van der Waals surface area contributed by atoms with Crippen LogP contribution in [0.1, 0.15) is 36.9 Å². The van der Waals surface area contributed by atoms with E-state index in [1.54, 1.807) is 10.6 Å². The Kier molecular flexibility index (Phi) is 4.38. The van der Waals surface area contributed by atoms with Gasteiger partial charge in [-0.1, -0.05) is 18.2 Å². The molecule has 2 aromatic heterocycles. The van der Waals surface area contributed by atoms with Gasteiger partial charge in [-0.05, 0) is 31.4 Å². The van der Waals surface area contributed by atoms with E-state index >= 15 is 0 Å². The number of fused-ring (bicyclic) bond motifs is 1. The minimum absolute atomic E-state index is 0.0447. The van der Waals surface area contributed by atoms with Crippen LogP contribution < -0.4 is 16.2 Å². The lowest BCUT2D eigenvalue weighted by Gasteiger charge is -2.34. The van der Waals surface area contributed by atoms with Gasteiger partial charge in [0.25, 0.3) is 5.56 Å². The molecule has 4 rings (SSSR count). The number of benzene rings is 1. The van der Waals surface area contributed by atoms with Crippen LogP contribution in [0.25, 0.3) is 11.0 Å². The lowest BCUT2D eigenvalue weighted by atomic mass is 10.0. The molecule has 1 aromatic carbocycles. The topological polar surface area (TPSA) is 117 Å². The van der Waals surface area contributed by atoms with Crippen LogP contribution in [-0.4, -0.2) is 38.9 Å². The van der Waals surface area contributed by atoms with Crippen molar-refractivity contribution in [2.75, 3.05) is 18.0 Å². The summed E-state index contributed by atoms with van der Waals surface area (Å²) in [5.41, 5.74) is 7.78. The van der Waals surface area contributed by atoms with E-state index in [0.29, 0.717) is 29.1 Å². The van der Waals surface area contributed by atoms with E-state index in [0.717, 1.165) is 24.9 Å². The van der Waals surface area contributed by atoms with Gasteiger partial charge < -0.3 is 10.6 Å². The number of nitrogens with two attached hydrogens (primary N) is 1. The van der Waals surface area contributed by atoms with E-state index in [2.05, 4.69) is 26.2 Å². The number of anilines is 1. The first-order valence-corrected chi connectivity index (χ1v) is 9.05. The monoisotopic (exact) mass is 363 g/mol. The maximum Gasteiger partial charge on any atom is 0.266 e. The standard InChI is InChI=1S/C19H21N7O/c1-12(15-7-3-2-5-13(15)9-20)26-18(27)16-10-22-24-17(16)23-19(26)25-8-4-6-14(21)11-25/h2-3,5,7,10,12,14H,4,6,8,11,21H2,1H3,(H,22,24)/t12?,14-/m1/s1. The van der Waals surface area contributed by atoms with E-state index in [1.807, 2.05) is 25.1 Å². The second kappa shape index (κ2) is 6.85. The first kappa shape index (κ1) is 17.2. The van der Waals surface area contributed by atoms with Crippen molar-refractivity contribution >= 4 is 17.0 Å². The third kappa shape index (κ3) is 2.96. The first-order chi connectivity index (χ1) is 13.1. The highest BCUT2D eigenvalue weighted by Crippen LogP contribution is 2.27. The lowest BCUT2D eigenvalue weighted by Crippen LogP contribution is -2.45. The molecule has 1 unspecified atom stereocenters. The number of nitriles is 1. The molecule has 0 radical (unpaired) electrons. The summed E-state index contributed by atoms with van der Waals surface area (Å²) in [6.07, 6.45) is 3.40. The Bertz CT molecular complexity index is 1080. The van der Waals surface area contributed by atoms with Crippen molar-refractivity contribution in [3.63, 3.8) is 0 Å². The second-order valence-electron chi connectivity index (χ2n) is 6.94. The summed E-state index contributed by atoms with van der Waals surface area (Å²) in [5, 5.41) is 16.7. The molecule has 3 aromatic rings. The predicted octanol–water partition coefficient (Wildman–Crippen LogP) is 1.53. The smallest absolute Gasteiger partial charge is 0.266 e. The number of H-pyrrole nitrogens is 1. The van der Waals surface area contributed by atoms with Gasteiger partial charge in [0, 0.05) is 19.1 Å². The number of aromatic nitrogens is 4. The van der Waals surface area contributed by atoms with Crippen molar-refractivity contribution in [2.24, 2.45) is 5.73 Å². The molecule has 27 heavy (non-hydrogen) atoms. The van der Waals surface area contributed by atoms with Gasteiger partial charge in [-0.25, -0.2) is 0 Å². The zero-order valence-corrected chi connectivity index (χ0v) is 15.1. The van der Waals surface area contributed by atoms with Crippen molar-refractivity contribution in [3.05, 3.63) is 51.9 Å². The Morgan fingerprint density at radius 1 is 1.41 bits per heavy atom. The average molecular weight is 363 g/mol. The number of nitrogens with zero attached hydrogens (tertiary/aromatic N) is 5. The molecular formula is C19H21N7O. The Morgan fingerprint density at radius 2 is 2.22 bits per heavy atom. The number of hydrogen-bond donors (Lipinski definition) is 2. The summed E-state index contributed by atoms with van der Waals surface area (Å²) in [4.78, 5) is 20.0. The third-order valence-corrected chi connectivity index (χ3v) is 5.16. The van der Waals surface area contributed by atoms with Crippen LogP contribution in [0.5, 0.6) is 0 Å². The summed E-state index contributed by atoms with van der Waals surface area (Å²) in [6, 6.07) is 9.24. The minimum Gasteiger partial charge on any atom is -0.341 e. The summed E-state index contributed by atoms with van der Waals surface area (Å²) in [5.74, 6) is 0.562. The molecule has 3 N–H and O–H groups in total. The molecule has 0 saturated carbocycles. The van der Waals surface area contributed by atoms with Crippen LogP contribution in [0.3, 0.4) is 0 Å². The molecule has 1 aliphatic rings. The van der Waals surface area contributed by atoms with E-state index in [1.165, 1.54) is 6.20 Å². The van der Waals surface area contributed by atoms with Crippen molar-refractivity contribution in [3.8, 4) is 6.07 Å². The van der Waals surface area contributed by atoms with Gasteiger partial charge in [-0.3, -0.25) is 14.5 Å². The fourth-order valence-electron chi connectivity index (χ4n) is 3.76. The molecule has 0 aliphatic carbocycles. The van der Waals surface area contributed by atoms with Gasteiger partial charge in [-0.2, -0.15) is 15.3 Å². The second-order valence-corrected chi connectivity index (χ2v) is 6.94. The SMILES string of the molecule is CC(c1ccccc1C#N)n1c(N2CCC[C@@H](N)C2)nc2[nH]ncc2c1=O. The Balaban J connectivity index is 1.92. The Morgan fingerprint density at radius 3 is 3.00 bits per heavy atom. The largest absolute Gasteiger partial charge is 0.341 e. The van der Waals surface area contributed by atoms with Gasteiger partial charge >= 0.3 is 0 Å². The highest BCUT2D eigenvalue weighted by Gasteiger charge is 2.26. The maximum absolute atomic E-state index is 13.3. The van der Waals surface area contributed by atoms with Crippen molar-refractivity contribution in [1.82, 2.24) is 19.7 Å². The Labute approximate surface area is 156 Å². The molecule has 8 nitrogen and oxygen atoms in total. The summed E-state index contributed by atoms with van der Waals surface area (Å²) < 4.78 is 1.66. The van der Waals surface area contributed by atoms with Gasteiger partial charge in [0.2, 0.25) is 5.95 Å². The molecule has 3 heterocycles. The highest BCUT2D eigenvalue weighted by molar-refractivity contribution is 5.74. The highest BCUT2D eigenvalue weighted by atomic mass is 16.1. The van der Waals surface area contributed by atoms with E-state index < -0.39 is 0 Å². The van der Waals surface area contributed by atoms with Gasteiger partial charge in [0.05, 0.1) is 23.9 Å². The van der Waals surface area contributed by atoms with Gasteiger partial charge in [0.15, 0.2) is 5.65 Å². The molecule has 138 valence electrons. The van der Waals surface area contributed by atoms with Crippen LogP contribution >= 0.6 is 0 Å². The van der Waals surface area contributed by atoms with Crippen LogP contribution in [0, 0.1) is 11.3 Å². The molecule has 1 fully saturated rings. The average Bonchev–Trinajstić information content (AvgIpc) is 3.16. The van der Waals surface area contributed by atoms with Crippen molar-refractivity contribution in [1.29, 1.82) is 5.26 Å². The fraction of sp³-hybridized carbons (Fsp3) is 0.368. The van der Waals surface area contributed by atoms with E-state index in [4.69, 9.17) is 5.73 Å².